The van der Waals surface area contributed by atoms with Crippen LogP contribution in [0.3, 0.4) is 0 Å². The van der Waals surface area contributed by atoms with Crippen molar-refractivity contribution < 1.29 is 9.18 Å². The molecule has 2 fully saturated rings. The Labute approximate surface area is 165 Å². The zero-order chi connectivity index (χ0) is 20.0. The van der Waals surface area contributed by atoms with Gasteiger partial charge in [-0.3, -0.25) is 9.59 Å². The van der Waals surface area contributed by atoms with Crippen molar-refractivity contribution in [2.75, 3.05) is 13.1 Å². The zero-order valence-electron chi connectivity index (χ0n) is 15.8. The Bertz CT molecular complexity index is 1120. The summed E-state index contributed by atoms with van der Waals surface area (Å²) < 4.78 is 14.7. The van der Waals surface area contributed by atoms with Crippen LogP contribution in [-0.4, -0.2) is 48.9 Å². The maximum Gasteiger partial charge on any atom is 0.281 e. The van der Waals surface area contributed by atoms with Crippen molar-refractivity contribution >= 4 is 17.1 Å². The summed E-state index contributed by atoms with van der Waals surface area (Å²) in [7, 11) is 0. The average Bonchev–Trinajstić information content (AvgIpc) is 3.51. The second-order valence-electron chi connectivity index (χ2n) is 7.89. The van der Waals surface area contributed by atoms with Crippen LogP contribution < -0.4 is 5.56 Å². The first-order valence-electron chi connectivity index (χ1n) is 9.95. The summed E-state index contributed by atoms with van der Waals surface area (Å²) in [4.78, 5) is 34.4. The fourth-order valence-corrected chi connectivity index (χ4v) is 3.93. The summed E-state index contributed by atoms with van der Waals surface area (Å²) in [5.74, 6) is 0.651. The zero-order valence-corrected chi connectivity index (χ0v) is 15.8. The number of H-pyrrole nitrogens is 1. The summed E-state index contributed by atoms with van der Waals surface area (Å²) in [5, 5.41) is 8.02. The number of piperidine rings is 1. The van der Waals surface area contributed by atoms with Crippen molar-refractivity contribution in [3.8, 4) is 0 Å². The van der Waals surface area contributed by atoms with Crippen LogP contribution in [0.5, 0.6) is 0 Å². The maximum atomic E-state index is 13.2. The molecule has 1 aromatic carbocycles. The van der Waals surface area contributed by atoms with Gasteiger partial charge in [0.15, 0.2) is 11.2 Å². The third-order valence-corrected chi connectivity index (χ3v) is 5.68. The number of hydrogen-bond acceptors (Lipinski definition) is 5. The molecule has 0 bridgehead atoms. The van der Waals surface area contributed by atoms with Gasteiger partial charge in [0.2, 0.25) is 5.91 Å². The Balaban J connectivity index is 1.44. The Hall–Kier alpha value is -3.10. The van der Waals surface area contributed by atoms with Crippen LogP contribution in [0.1, 0.15) is 43.0 Å². The van der Waals surface area contributed by atoms with E-state index in [0.717, 1.165) is 37.8 Å². The number of likely N-dealkylation sites (tertiary alicyclic amines) is 1. The fourth-order valence-electron chi connectivity index (χ4n) is 3.93. The normalized spacial score (nSPS) is 19.6. The standard InChI is InChI=1S/C20H21FN6O2/c21-15-7-3-12(4-8-15)10-27-18-16(24-25-27)19(28)23-17(22-18)14-2-1-9-26(11-14)20(29)13-5-6-13/h3-4,7-8,13-14H,1-2,5-6,9-11H2,(H,22,23,28). The first-order chi connectivity index (χ1) is 14.1. The van der Waals surface area contributed by atoms with Crippen molar-refractivity contribution in [3.63, 3.8) is 0 Å². The van der Waals surface area contributed by atoms with Crippen LogP contribution >= 0.6 is 0 Å². The first kappa shape index (κ1) is 18.0. The van der Waals surface area contributed by atoms with Gasteiger partial charge in [-0.1, -0.05) is 17.3 Å². The van der Waals surface area contributed by atoms with E-state index in [4.69, 9.17) is 0 Å². The number of carbonyl (C=O) groups excluding carboxylic acids is 1. The average molecular weight is 396 g/mol. The number of nitrogens with zero attached hydrogens (tertiary/aromatic N) is 5. The van der Waals surface area contributed by atoms with Crippen molar-refractivity contribution in [3.05, 3.63) is 51.8 Å². The molecule has 1 saturated carbocycles. The van der Waals surface area contributed by atoms with Gasteiger partial charge in [0.25, 0.3) is 5.56 Å². The molecule has 3 heterocycles. The number of halogens is 1. The van der Waals surface area contributed by atoms with E-state index in [-0.39, 0.29) is 34.6 Å². The lowest BCUT2D eigenvalue weighted by atomic mass is 9.96. The molecule has 1 amide bonds. The SMILES string of the molecule is O=C(C1CC1)N1CCCC(c2nc3c(nnn3Cc3ccc(F)cc3)c(=O)[nH]2)C1. The number of carbonyl (C=O) groups is 1. The summed E-state index contributed by atoms with van der Waals surface area (Å²) in [5.41, 5.74) is 1.08. The van der Waals surface area contributed by atoms with E-state index in [2.05, 4.69) is 20.3 Å². The second kappa shape index (κ2) is 7.06. The molecule has 2 aromatic heterocycles. The number of benzene rings is 1. The van der Waals surface area contributed by atoms with E-state index in [1.54, 1.807) is 16.8 Å². The maximum absolute atomic E-state index is 13.2. The number of aromatic nitrogens is 5. The summed E-state index contributed by atoms with van der Waals surface area (Å²) in [6.45, 7) is 1.68. The highest BCUT2D eigenvalue weighted by Crippen LogP contribution is 2.33. The minimum Gasteiger partial charge on any atom is -0.342 e. The summed E-state index contributed by atoms with van der Waals surface area (Å²) in [6, 6.07) is 6.10. The quantitative estimate of drug-likeness (QED) is 0.726. The molecule has 1 aliphatic heterocycles. The molecular formula is C20H21FN6O2. The fraction of sp³-hybridized carbons (Fsp3) is 0.450. The topological polar surface area (TPSA) is 96.8 Å². The van der Waals surface area contributed by atoms with Crippen LogP contribution in [0.2, 0.25) is 0 Å². The highest BCUT2D eigenvalue weighted by Gasteiger charge is 2.36. The number of fused-ring (bicyclic) bond motifs is 1. The highest BCUT2D eigenvalue weighted by molar-refractivity contribution is 5.81. The van der Waals surface area contributed by atoms with Crippen LogP contribution in [-0.2, 0) is 11.3 Å². The monoisotopic (exact) mass is 396 g/mol. The molecule has 1 unspecified atom stereocenters. The van der Waals surface area contributed by atoms with E-state index in [1.165, 1.54) is 12.1 Å². The lowest BCUT2D eigenvalue weighted by molar-refractivity contribution is -0.133. The highest BCUT2D eigenvalue weighted by atomic mass is 19.1. The van der Waals surface area contributed by atoms with Gasteiger partial charge in [-0.15, -0.1) is 5.10 Å². The smallest absolute Gasteiger partial charge is 0.281 e. The number of hydrogen-bond donors (Lipinski definition) is 1. The lowest BCUT2D eigenvalue weighted by Gasteiger charge is -2.32. The molecular weight excluding hydrogens is 375 g/mol. The number of aromatic amines is 1. The molecule has 2 aliphatic rings. The van der Waals surface area contributed by atoms with Crippen LogP contribution in [0.25, 0.3) is 11.2 Å². The molecule has 1 atom stereocenters. The predicted molar refractivity (Wildman–Crippen MR) is 103 cm³/mol. The van der Waals surface area contributed by atoms with Crippen molar-refractivity contribution in [2.24, 2.45) is 5.92 Å². The molecule has 5 rings (SSSR count). The third kappa shape index (κ3) is 3.52. The van der Waals surface area contributed by atoms with Crippen LogP contribution in [0.4, 0.5) is 4.39 Å². The number of amides is 1. The van der Waals surface area contributed by atoms with Gasteiger partial charge in [0, 0.05) is 24.9 Å². The predicted octanol–water partition coefficient (Wildman–Crippen LogP) is 1.82. The summed E-state index contributed by atoms with van der Waals surface area (Å²) >= 11 is 0. The van der Waals surface area contributed by atoms with E-state index in [9.17, 15) is 14.0 Å². The van der Waals surface area contributed by atoms with E-state index >= 15 is 0 Å². The molecule has 1 saturated heterocycles. The van der Waals surface area contributed by atoms with Gasteiger partial charge in [-0.05, 0) is 43.4 Å². The van der Waals surface area contributed by atoms with E-state index in [1.807, 2.05) is 4.90 Å². The van der Waals surface area contributed by atoms with Crippen LogP contribution in [0, 0.1) is 11.7 Å². The van der Waals surface area contributed by atoms with E-state index in [0.29, 0.717) is 24.6 Å². The number of nitrogens with one attached hydrogen (secondary N) is 1. The van der Waals surface area contributed by atoms with Crippen molar-refractivity contribution in [1.82, 2.24) is 29.9 Å². The molecule has 1 aliphatic carbocycles. The molecule has 3 aromatic rings. The minimum absolute atomic E-state index is 0.0160. The number of rotatable bonds is 4. The Morgan fingerprint density at radius 1 is 1.21 bits per heavy atom. The van der Waals surface area contributed by atoms with Gasteiger partial charge in [-0.2, -0.15) is 0 Å². The lowest BCUT2D eigenvalue weighted by Crippen LogP contribution is -2.40. The third-order valence-electron chi connectivity index (χ3n) is 5.68. The molecule has 0 radical (unpaired) electrons. The Kier molecular flexibility index (Phi) is 4.37. The van der Waals surface area contributed by atoms with Gasteiger partial charge >= 0.3 is 0 Å². The minimum atomic E-state index is -0.332. The largest absolute Gasteiger partial charge is 0.342 e. The molecule has 8 nitrogen and oxygen atoms in total. The van der Waals surface area contributed by atoms with Crippen molar-refractivity contribution in [1.29, 1.82) is 0 Å². The van der Waals surface area contributed by atoms with Crippen molar-refractivity contribution in [2.45, 2.75) is 38.1 Å². The van der Waals surface area contributed by atoms with Gasteiger partial charge in [-0.25, -0.2) is 14.1 Å². The molecule has 9 heteroatoms. The van der Waals surface area contributed by atoms with Gasteiger partial charge in [0.05, 0.1) is 6.54 Å². The Morgan fingerprint density at radius 3 is 2.76 bits per heavy atom. The first-order valence-corrected chi connectivity index (χ1v) is 9.95. The molecule has 150 valence electrons. The molecule has 0 spiro atoms. The second-order valence-corrected chi connectivity index (χ2v) is 7.89. The van der Waals surface area contributed by atoms with Crippen LogP contribution in [0.15, 0.2) is 29.1 Å². The van der Waals surface area contributed by atoms with Gasteiger partial charge < -0.3 is 9.88 Å². The Morgan fingerprint density at radius 2 is 2.00 bits per heavy atom. The molecule has 29 heavy (non-hydrogen) atoms. The van der Waals surface area contributed by atoms with Gasteiger partial charge in [0.1, 0.15) is 11.6 Å². The summed E-state index contributed by atoms with van der Waals surface area (Å²) in [6.07, 6.45) is 3.71. The molecule has 1 N–H and O–H groups in total. The van der Waals surface area contributed by atoms with E-state index < -0.39 is 0 Å².